The van der Waals surface area contributed by atoms with Crippen molar-refractivity contribution in [2.24, 2.45) is 0 Å². The Morgan fingerprint density at radius 2 is 1.72 bits per heavy atom. The molecular formula is C20H18F2N2O5. The normalized spacial score (nSPS) is 13.7. The van der Waals surface area contributed by atoms with E-state index < -0.39 is 6.61 Å². The number of rotatable bonds is 7. The molecule has 152 valence electrons. The number of hydrogen-bond donors (Lipinski definition) is 1. The van der Waals surface area contributed by atoms with Crippen LogP contribution in [0.1, 0.15) is 28.8 Å². The second-order valence-electron chi connectivity index (χ2n) is 6.22. The molecule has 7 nitrogen and oxygen atoms in total. The largest absolute Gasteiger partial charge is 0.493 e. The Morgan fingerprint density at radius 1 is 1.07 bits per heavy atom. The average Bonchev–Trinajstić information content (AvgIpc) is 3.04. The van der Waals surface area contributed by atoms with Gasteiger partial charge in [-0.25, -0.2) is 0 Å². The summed E-state index contributed by atoms with van der Waals surface area (Å²) in [5.74, 6) is -0.871. The number of carbonyl (C=O) groups excluding carboxylic acids is 3. The molecule has 0 aliphatic carbocycles. The molecule has 3 rings (SSSR count). The van der Waals surface area contributed by atoms with Crippen LogP contribution in [-0.2, 0) is 16.1 Å². The summed E-state index contributed by atoms with van der Waals surface area (Å²) in [6.45, 7) is -2.83. The van der Waals surface area contributed by atoms with Crippen molar-refractivity contribution < 1.29 is 32.6 Å². The lowest BCUT2D eigenvalue weighted by Gasteiger charge is -2.14. The van der Waals surface area contributed by atoms with Gasteiger partial charge in [-0.15, -0.1) is 0 Å². The van der Waals surface area contributed by atoms with Crippen LogP contribution in [0, 0.1) is 0 Å². The first-order valence-corrected chi connectivity index (χ1v) is 8.75. The van der Waals surface area contributed by atoms with Gasteiger partial charge < -0.3 is 14.8 Å². The summed E-state index contributed by atoms with van der Waals surface area (Å²) in [5.41, 5.74) is 1.40. The van der Waals surface area contributed by atoms with E-state index in [9.17, 15) is 23.2 Å². The monoisotopic (exact) mass is 404 g/mol. The summed E-state index contributed by atoms with van der Waals surface area (Å²) in [5, 5.41) is 2.70. The highest BCUT2D eigenvalue weighted by molar-refractivity contribution is 6.19. The van der Waals surface area contributed by atoms with E-state index in [4.69, 9.17) is 4.74 Å². The van der Waals surface area contributed by atoms with Gasteiger partial charge >= 0.3 is 6.61 Å². The molecule has 0 saturated carbocycles. The number of anilines is 1. The van der Waals surface area contributed by atoms with Crippen molar-refractivity contribution in [1.29, 1.82) is 0 Å². The molecule has 1 heterocycles. The molecular weight excluding hydrogens is 386 g/mol. The molecule has 1 aliphatic heterocycles. The maximum absolute atomic E-state index is 12.4. The minimum Gasteiger partial charge on any atom is -0.493 e. The van der Waals surface area contributed by atoms with Crippen LogP contribution in [0.3, 0.4) is 0 Å². The number of hydrogen-bond acceptors (Lipinski definition) is 5. The molecule has 1 N–H and O–H groups in total. The summed E-state index contributed by atoms with van der Waals surface area (Å²) in [6.07, 6.45) is 0.372. The predicted octanol–water partition coefficient (Wildman–Crippen LogP) is 2.88. The maximum atomic E-state index is 12.4. The standard InChI is InChI=1S/C20H18F2N2O5/c1-28-16-10-12(2-7-15(16)29-20(21)22)11-23-19(27)13-3-5-14(6-4-13)24-17(25)8-9-18(24)26/h2-7,10,20H,8-9,11H2,1H3,(H,23,27). The summed E-state index contributed by atoms with van der Waals surface area (Å²) in [6, 6.07) is 10.5. The van der Waals surface area contributed by atoms with Gasteiger partial charge in [-0.3, -0.25) is 19.3 Å². The molecule has 2 aromatic rings. The number of nitrogens with zero attached hydrogens (tertiary/aromatic N) is 1. The molecule has 2 aromatic carbocycles. The topological polar surface area (TPSA) is 84.9 Å². The van der Waals surface area contributed by atoms with Gasteiger partial charge in [0.1, 0.15) is 0 Å². The van der Waals surface area contributed by atoms with Crippen molar-refractivity contribution in [2.45, 2.75) is 26.0 Å². The summed E-state index contributed by atoms with van der Waals surface area (Å²) in [7, 11) is 1.33. The van der Waals surface area contributed by atoms with Crippen LogP contribution in [0.4, 0.5) is 14.5 Å². The Balaban J connectivity index is 1.63. The van der Waals surface area contributed by atoms with Crippen LogP contribution in [0.5, 0.6) is 11.5 Å². The van der Waals surface area contributed by atoms with E-state index in [1.807, 2.05) is 0 Å². The number of ether oxygens (including phenoxy) is 2. The van der Waals surface area contributed by atoms with Crippen LogP contribution in [-0.4, -0.2) is 31.4 Å². The van der Waals surface area contributed by atoms with Crippen molar-refractivity contribution in [3.63, 3.8) is 0 Å². The molecule has 0 bridgehead atoms. The number of amides is 3. The maximum Gasteiger partial charge on any atom is 0.387 e. The van der Waals surface area contributed by atoms with Gasteiger partial charge in [-0.2, -0.15) is 8.78 Å². The van der Waals surface area contributed by atoms with Crippen LogP contribution in [0.25, 0.3) is 0 Å². The highest BCUT2D eigenvalue weighted by Crippen LogP contribution is 2.29. The number of halogens is 2. The molecule has 0 aromatic heterocycles. The zero-order valence-electron chi connectivity index (χ0n) is 15.5. The molecule has 29 heavy (non-hydrogen) atoms. The first kappa shape index (κ1) is 20.2. The third kappa shape index (κ3) is 4.68. The fraction of sp³-hybridized carbons (Fsp3) is 0.250. The molecule has 1 aliphatic rings. The first-order chi connectivity index (χ1) is 13.9. The zero-order chi connectivity index (χ0) is 21.0. The third-order valence-electron chi connectivity index (χ3n) is 4.34. The van der Waals surface area contributed by atoms with E-state index in [0.29, 0.717) is 16.8 Å². The van der Waals surface area contributed by atoms with E-state index in [1.165, 1.54) is 49.6 Å². The zero-order valence-corrected chi connectivity index (χ0v) is 15.5. The van der Waals surface area contributed by atoms with Crippen LogP contribution in [0.2, 0.25) is 0 Å². The van der Waals surface area contributed by atoms with Gasteiger partial charge in [-0.05, 0) is 42.0 Å². The second kappa shape index (κ2) is 8.68. The lowest BCUT2D eigenvalue weighted by molar-refractivity contribution is -0.121. The fourth-order valence-electron chi connectivity index (χ4n) is 2.93. The van der Waals surface area contributed by atoms with E-state index in [1.54, 1.807) is 0 Å². The summed E-state index contributed by atoms with van der Waals surface area (Å²) >= 11 is 0. The number of imide groups is 1. The quantitative estimate of drug-likeness (QED) is 0.718. The summed E-state index contributed by atoms with van der Waals surface area (Å²) in [4.78, 5) is 37.0. The molecule has 0 atom stereocenters. The van der Waals surface area contributed by atoms with Gasteiger partial charge in [0.15, 0.2) is 11.5 Å². The molecule has 0 radical (unpaired) electrons. The van der Waals surface area contributed by atoms with Crippen molar-refractivity contribution in [3.05, 3.63) is 53.6 Å². The lowest BCUT2D eigenvalue weighted by atomic mass is 10.1. The van der Waals surface area contributed by atoms with Gasteiger partial charge in [0, 0.05) is 24.9 Å². The number of nitrogens with one attached hydrogen (secondary N) is 1. The van der Waals surface area contributed by atoms with Gasteiger partial charge in [-0.1, -0.05) is 6.07 Å². The predicted molar refractivity (Wildman–Crippen MR) is 99.0 cm³/mol. The van der Waals surface area contributed by atoms with Crippen molar-refractivity contribution >= 4 is 23.4 Å². The van der Waals surface area contributed by atoms with Crippen molar-refractivity contribution in [3.8, 4) is 11.5 Å². The highest BCUT2D eigenvalue weighted by atomic mass is 19.3. The number of methoxy groups -OCH3 is 1. The Hall–Kier alpha value is -3.49. The molecule has 1 saturated heterocycles. The highest BCUT2D eigenvalue weighted by Gasteiger charge is 2.30. The average molecular weight is 404 g/mol. The Morgan fingerprint density at radius 3 is 2.31 bits per heavy atom. The summed E-state index contributed by atoms with van der Waals surface area (Å²) < 4.78 is 34.1. The minimum atomic E-state index is -2.97. The van der Waals surface area contributed by atoms with E-state index >= 15 is 0 Å². The van der Waals surface area contributed by atoms with Gasteiger partial charge in [0.2, 0.25) is 11.8 Å². The number of carbonyl (C=O) groups is 3. The molecule has 9 heteroatoms. The van der Waals surface area contributed by atoms with Gasteiger partial charge in [0.25, 0.3) is 5.91 Å². The van der Waals surface area contributed by atoms with E-state index in [2.05, 4.69) is 10.1 Å². The van der Waals surface area contributed by atoms with Crippen molar-refractivity contribution in [2.75, 3.05) is 12.0 Å². The van der Waals surface area contributed by atoms with Crippen molar-refractivity contribution in [1.82, 2.24) is 5.32 Å². The van der Waals surface area contributed by atoms with Crippen LogP contribution >= 0.6 is 0 Å². The third-order valence-corrected chi connectivity index (χ3v) is 4.34. The molecule has 3 amide bonds. The lowest BCUT2D eigenvalue weighted by Crippen LogP contribution is -2.28. The Kier molecular flexibility index (Phi) is 6.06. The van der Waals surface area contributed by atoms with Gasteiger partial charge in [0.05, 0.1) is 12.8 Å². The Bertz CT molecular complexity index is 915. The van der Waals surface area contributed by atoms with E-state index in [0.717, 1.165) is 4.90 Å². The van der Waals surface area contributed by atoms with E-state index in [-0.39, 0.29) is 48.6 Å². The second-order valence-corrected chi connectivity index (χ2v) is 6.22. The van der Waals surface area contributed by atoms with Crippen LogP contribution < -0.4 is 19.7 Å². The molecule has 0 spiro atoms. The SMILES string of the molecule is COc1cc(CNC(=O)c2ccc(N3C(=O)CCC3=O)cc2)ccc1OC(F)F. The molecule has 1 fully saturated rings. The smallest absolute Gasteiger partial charge is 0.387 e. The Labute approximate surface area is 165 Å². The fourth-order valence-corrected chi connectivity index (χ4v) is 2.93. The first-order valence-electron chi connectivity index (χ1n) is 8.75. The minimum absolute atomic E-state index is 0.0980. The van der Waals surface area contributed by atoms with Crippen LogP contribution in [0.15, 0.2) is 42.5 Å². The number of alkyl halides is 2. The number of benzene rings is 2. The molecule has 0 unspecified atom stereocenters.